The van der Waals surface area contributed by atoms with Crippen LogP contribution in [0.15, 0.2) is 224 Å². The lowest BCUT2D eigenvalue weighted by Gasteiger charge is -2.18. The molecule has 10 aromatic carbocycles. The first-order valence-corrected chi connectivity index (χ1v) is 23.2. The fraction of sp³-hybridized carbons (Fsp3) is 0.0469. The second-order valence-corrected chi connectivity index (χ2v) is 17.8. The lowest BCUT2D eigenvalue weighted by molar-refractivity contribution is -0.114. The Balaban J connectivity index is 1.01. The van der Waals surface area contributed by atoms with Crippen molar-refractivity contribution in [2.45, 2.75) is 19.8 Å². The van der Waals surface area contributed by atoms with E-state index in [-0.39, 0.29) is 11.5 Å². The molecule has 1 N–H and O–H groups in total. The highest BCUT2D eigenvalue weighted by Crippen LogP contribution is 2.42. The van der Waals surface area contributed by atoms with Crippen LogP contribution in [0.2, 0.25) is 0 Å². The highest BCUT2D eigenvalue weighted by atomic mass is 16.3. The minimum absolute atomic E-state index is 0.0214. The molecule has 0 aliphatic carbocycles. The Morgan fingerprint density at radius 1 is 0.412 bits per heavy atom. The van der Waals surface area contributed by atoms with Crippen LogP contribution >= 0.6 is 0 Å². The number of aryl methyl sites for hydroxylation is 1. The van der Waals surface area contributed by atoms with Crippen LogP contribution in [0, 0.1) is 0 Å². The van der Waals surface area contributed by atoms with Gasteiger partial charge in [0.1, 0.15) is 0 Å². The molecule has 0 saturated carbocycles. The van der Waals surface area contributed by atoms with Gasteiger partial charge in [-0.15, -0.1) is 0 Å². The van der Waals surface area contributed by atoms with Gasteiger partial charge in [-0.1, -0.05) is 158 Å². The zero-order chi connectivity index (χ0) is 45.7. The largest absolute Gasteiger partial charge is 0.512 e. The van der Waals surface area contributed by atoms with Gasteiger partial charge in [-0.05, 0) is 140 Å². The Bertz CT molecular complexity index is 3810. The van der Waals surface area contributed by atoms with Crippen LogP contribution in [0.5, 0.6) is 0 Å². The van der Waals surface area contributed by atoms with Gasteiger partial charge in [0.15, 0.2) is 5.78 Å². The smallest absolute Gasteiger partial charge is 0.159 e. The van der Waals surface area contributed by atoms with Gasteiger partial charge in [0.2, 0.25) is 0 Å². The second kappa shape index (κ2) is 16.9. The fourth-order valence-corrected chi connectivity index (χ4v) is 10.1. The van der Waals surface area contributed by atoms with Crippen molar-refractivity contribution in [3.63, 3.8) is 0 Å². The number of benzene rings is 10. The first-order chi connectivity index (χ1) is 33.4. The Morgan fingerprint density at radius 3 is 1.32 bits per heavy atom. The average Bonchev–Trinajstić information content (AvgIpc) is 3.38. The van der Waals surface area contributed by atoms with Crippen LogP contribution in [0.1, 0.15) is 18.9 Å². The normalized spacial score (nSPS) is 11.9. The monoisotopic (exact) mass is 872 g/mol. The molecule has 0 spiro atoms. The molecule has 68 heavy (non-hydrogen) atoms. The topological polar surface area (TPSA) is 63.1 Å². The molecule has 2 heterocycles. The average molecular weight is 873 g/mol. The number of nitrogens with zero attached hydrogens (tertiary/aromatic N) is 2. The molecule has 0 fully saturated rings. The molecule has 2 aromatic heterocycles. The van der Waals surface area contributed by atoms with Gasteiger partial charge in [-0.2, -0.15) is 0 Å². The lowest BCUT2D eigenvalue weighted by atomic mass is 9.86. The number of aliphatic hydroxyl groups excluding tert-OH is 1. The summed E-state index contributed by atoms with van der Waals surface area (Å²) in [5.74, 6) is -0.0785. The van der Waals surface area contributed by atoms with Crippen LogP contribution in [-0.2, 0) is 11.2 Å². The summed E-state index contributed by atoms with van der Waals surface area (Å²) in [6.07, 6.45) is 2.15. The van der Waals surface area contributed by atoms with Crippen LogP contribution in [0.25, 0.3) is 121 Å². The van der Waals surface area contributed by atoms with Crippen molar-refractivity contribution in [3.05, 3.63) is 230 Å². The van der Waals surface area contributed by atoms with Gasteiger partial charge in [-0.3, -0.25) is 4.79 Å². The summed E-state index contributed by atoms with van der Waals surface area (Å²) in [5, 5.41) is 18.9. The standard InChI is InChI=1S/C64H44N2O2/c1-40(67)32-53(68)29-26-41-12-2-5-15-54(41)50-37-51(57-18-8-6-16-55(57)42-27-30-59-44(33-42)22-24-48-35-46-13-3-10-20-61(46)65-63(48)59)39-52(38-50)58-19-9-7-17-56(58)43-28-31-60-45(34-43)23-25-49-36-47-14-4-11-21-62(47)66-64(49)60/h2-25,27-28,30-39,67H,26,29H2,1H3. The number of rotatable bonds is 9. The first kappa shape index (κ1) is 40.8. The molecule has 0 radical (unpaired) electrons. The molecule has 4 heteroatoms. The Morgan fingerprint density at radius 2 is 0.824 bits per heavy atom. The number of ketones is 1. The number of para-hydroxylation sites is 2. The number of carbonyl (C=O) groups excluding carboxylic acids is 1. The number of pyridine rings is 2. The summed E-state index contributed by atoms with van der Waals surface area (Å²) in [7, 11) is 0. The van der Waals surface area contributed by atoms with E-state index in [0.717, 1.165) is 126 Å². The van der Waals surface area contributed by atoms with Crippen molar-refractivity contribution >= 4 is 70.9 Å². The highest BCUT2D eigenvalue weighted by molar-refractivity contribution is 6.11. The molecule has 0 unspecified atom stereocenters. The predicted octanol–water partition coefficient (Wildman–Crippen LogP) is 16.7. The third-order valence-electron chi connectivity index (χ3n) is 13.4. The van der Waals surface area contributed by atoms with E-state index in [1.165, 1.54) is 13.0 Å². The quantitative estimate of drug-likeness (QED) is 0.0679. The van der Waals surface area contributed by atoms with E-state index < -0.39 is 0 Å². The fourth-order valence-electron chi connectivity index (χ4n) is 10.1. The molecule has 0 amide bonds. The number of allylic oxidation sites excluding steroid dienone is 2. The third-order valence-corrected chi connectivity index (χ3v) is 13.4. The molecule has 0 saturated heterocycles. The third kappa shape index (κ3) is 7.52. The minimum Gasteiger partial charge on any atom is -0.512 e. The molecule has 322 valence electrons. The van der Waals surface area contributed by atoms with E-state index >= 15 is 0 Å². The van der Waals surface area contributed by atoms with Gasteiger partial charge in [0.25, 0.3) is 0 Å². The second-order valence-electron chi connectivity index (χ2n) is 17.8. The number of hydrogen-bond donors (Lipinski definition) is 1. The van der Waals surface area contributed by atoms with Gasteiger partial charge in [0.05, 0.1) is 27.8 Å². The molecule has 4 nitrogen and oxygen atoms in total. The van der Waals surface area contributed by atoms with Crippen molar-refractivity contribution in [2.75, 3.05) is 0 Å². The number of aliphatic hydroxyl groups is 1. The maximum absolute atomic E-state index is 12.9. The van der Waals surface area contributed by atoms with Crippen LogP contribution in [-0.4, -0.2) is 20.9 Å². The van der Waals surface area contributed by atoms with Crippen LogP contribution in [0.4, 0.5) is 0 Å². The molecule has 0 bridgehead atoms. The van der Waals surface area contributed by atoms with E-state index in [2.05, 4.69) is 194 Å². The van der Waals surface area contributed by atoms with Crippen molar-refractivity contribution < 1.29 is 9.90 Å². The van der Waals surface area contributed by atoms with Gasteiger partial charge in [-0.25, -0.2) is 9.97 Å². The zero-order valence-corrected chi connectivity index (χ0v) is 37.4. The summed E-state index contributed by atoms with van der Waals surface area (Å²) in [4.78, 5) is 23.1. The van der Waals surface area contributed by atoms with Crippen molar-refractivity contribution in [1.29, 1.82) is 0 Å². The predicted molar refractivity (Wildman–Crippen MR) is 284 cm³/mol. The number of carbonyl (C=O) groups is 1. The molecule has 12 rings (SSSR count). The van der Waals surface area contributed by atoms with E-state index in [9.17, 15) is 9.90 Å². The van der Waals surface area contributed by atoms with Crippen molar-refractivity contribution in [2.24, 2.45) is 0 Å². The molecule has 0 atom stereocenters. The van der Waals surface area contributed by atoms with Crippen molar-refractivity contribution in [3.8, 4) is 55.6 Å². The van der Waals surface area contributed by atoms with E-state index in [1.807, 2.05) is 18.2 Å². The Kier molecular flexibility index (Phi) is 10.1. The maximum Gasteiger partial charge on any atom is 0.159 e. The Labute approximate surface area is 394 Å². The van der Waals surface area contributed by atoms with Crippen molar-refractivity contribution in [1.82, 2.24) is 9.97 Å². The molecule has 0 aliphatic heterocycles. The first-order valence-electron chi connectivity index (χ1n) is 23.2. The summed E-state index contributed by atoms with van der Waals surface area (Å²) >= 11 is 0. The maximum atomic E-state index is 12.9. The van der Waals surface area contributed by atoms with Crippen LogP contribution < -0.4 is 0 Å². The SMILES string of the molecule is CC(O)=CC(=O)CCc1ccccc1-c1cc(-c2ccccc2-c2ccc3c(ccc4cc5ccccc5nc43)c2)cc(-c2ccccc2-c2ccc3c(ccc4cc5ccccc5nc43)c2)c1. The highest BCUT2D eigenvalue weighted by Gasteiger charge is 2.17. The number of fused-ring (bicyclic) bond motifs is 8. The lowest BCUT2D eigenvalue weighted by Crippen LogP contribution is -1.99. The summed E-state index contributed by atoms with van der Waals surface area (Å²) in [5.41, 5.74) is 16.1. The summed E-state index contributed by atoms with van der Waals surface area (Å²) < 4.78 is 0. The zero-order valence-electron chi connectivity index (χ0n) is 37.4. The van der Waals surface area contributed by atoms with Gasteiger partial charge >= 0.3 is 0 Å². The number of aromatic nitrogens is 2. The number of hydrogen-bond acceptors (Lipinski definition) is 4. The van der Waals surface area contributed by atoms with Crippen LogP contribution in [0.3, 0.4) is 0 Å². The van der Waals surface area contributed by atoms with Gasteiger partial charge < -0.3 is 5.11 Å². The summed E-state index contributed by atoms with van der Waals surface area (Å²) in [6.45, 7) is 1.53. The molecular weight excluding hydrogens is 829 g/mol. The summed E-state index contributed by atoms with van der Waals surface area (Å²) in [6, 6.07) is 76.0. The molecule has 12 aromatic rings. The van der Waals surface area contributed by atoms with E-state index in [1.54, 1.807) is 0 Å². The van der Waals surface area contributed by atoms with Gasteiger partial charge in [0, 0.05) is 44.8 Å². The van der Waals surface area contributed by atoms with E-state index in [4.69, 9.17) is 9.97 Å². The minimum atomic E-state index is -0.0999. The molecular formula is C64H44N2O2. The molecule has 0 aliphatic rings. The van der Waals surface area contributed by atoms with E-state index in [0.29, 0.717) is 12.8 Å². The Hall–Kier alpha value is -8.73.